The normalized spacial score (nSPS) is 17.5. The van der Waals surface area contributed by atoms with Gasteiger partial charge in [-0.3, -0.25) is 4.79 Å². The van der Waals surface area contributed by atoms with Crippen molar-refractivity contribution >= 4 is 21.6 Å². The van der Waals surface area contributed by atoms with Gasteiger partial charge in [-0.05, 0) is 67.6 Å². The molecule has 2 fully saturated rings. The van der Waals surface area contributed by atoms with Crippen LogP contribution in [0.4, 0.5) is 10.1 Å². The van der Waals surface area contributed by atoms with E-state index in [0.717, 1.165) is 30.5 Å². The van der Waals surface area contributed by atoms with Gasteiger partial charge in [-0.1, -0.05) is 12.1 Å². The predicted molar refractivity (Wildman–Crippen MR) is 105 cm³/mol. The van der Waals surface area contributed by atoms with Gasteiger partial charge in [-0.15, -0.1) is 0 Å². The van der Waals surface area contributed by atoms with Crippen LogP contribution >= 0.6 is 0 Å². The first-order chi connectivity index (χ1) is 13.4. The number of nitrogens with zero attached hydrogens (tertiary/aromatic N) is 2. The Labute approximate surface area is 164 Å². The van der Waals surface area contributed by atoms with Crippen molar-refractivity contribution in [2.24, 2.45) is 0 Å². The topological polar surface area (TPSA) is 57.7 Å². The number of hydrogen-bond acceptors (Lipinski definition) is 3. The number of amides is 1. The molecule has 4 rings (SSSR count). The average molecular weight is 402 g/mol. The van der Waals surface area contributed by atoms with Crippen LogP contribution in [-0.4, -0.2) is 31.2 Å². The Morgan fingerprint density at radius 1 is 1.14 bits per heavy atom. The van der Waals surface area contributed by atoms with Crippen LogP contribution in [0.2, 0.25) is 0 Å². The minimum Gasteiger partial charge on any atom is -0.312 e. The number of carbonyl (C=O) groups excluding carboxylic acids is 1. The number of benzene rings is 2. The highest BCUT2D eigenvalue weighted by atomic mass is 32.2. The van der Waals surface area contributed by atoms with Gasteiger partial charge >= 0.3 is 0 Å². The summed E-state index contributed by atoms with van der Waals surface area (Å²) in [5.41, 5.74) is 2.13. The zero-order valence-corrected chi connectivity index (χ0v) is 16.6. The lowest BCUT2D eigenvalue weighted by Gasteiger charge is -2.24. The summed E-state index contributed by atoms with van der Waals surface area (Å²) in [6, 6.07) is 11.0. The second-order valence-corrected chi connectivity index (χ2v) is 9.37. The SMILES string of the molecule is Cc1cc(N2CCCC2=O)ccc1S(=O)(=O)N(Cc1ccc(F)cc1)C1CC1. The van der Waals surface area contributed by atoms with Gasteiger partial charge in [-0.25, -0.2) is 12.8 Å². The Kier molecular flexibility index (Phi) is 4.97. The van der Waals surface area contributed by atoms with Crippen LogP contribution in [0.3, 0.4) is 0 Å². The molecule has 0 spiro atoms. The largest absolute Gasteiger partial charge is 0.312 e. The number of sulfonamides is 1. The predicted octanol–water partition coefficient (Wildman–Crippen LogP) is 3.61. The Balaban J connectivity index is 1.63. The van der Waals surface area contributed by atoms with Crippen LogP contribution < -0.4 is 4.90 Å². The van der Waals surface area contributed by atoms with E-state index in [9.17, 15) is 17.6 Å². The maximum Gasteiger partial charge on any atom is 0.243 e. The molecule has 2 aliphatic rings. The molecule has 1 aliphatic carbocycles. The van der Waals surface area contributed by atoms with E-state index in [1.54, 1.807) is 42.2 Å². The minimum atomic E-state index is -3.69. The van der Waals surface area contributed by atoms with Crippen molar-refractivity contribution in [3.05, 3.63) is 59.4 Å². The van der Waals surface area contributed by atoms with Crippen LogP contribution in [0.15, 0.2) is 47.4 Å². The van der Waals surface area contributed by atoms with E-state index in [1.807, 2.05) is 0 Å². The maximum absolute atomic E-state index is 13.4. The van der Waals surface area contributed by atoms with Crippen molar-refractivity contribution < 1.29 is 17.6 Å². The van der Waals surface area contributed by atoms with E-state index in [0.29, 0.717) is 18.5 Å². The second kappa shape index (κ2) is 7.29. The molecule has 0 atom stereocenters. The van der Waals surface area contributed by atoms with E-state index in [-0.39, 0.29) is 29.2 Å². The summed E-state index contributed by atoms with van der Waals surface area (Å²) in [5, 5.41) is 0. The van der Waals surface area contributed by atoms with Crippen LogP contribution in [0.25, 0.3) is 0 Å². The molecule has 2 aromatic carbocycles. The van der Waals surface area contributed by atoms with E-state index >= 15 is 0 Å². The zero-order chi connectivity index (χ0) is 19.9. The van der Waals surface area contributed by atoms with E-state index in [1.165, 1.54) is 16.4 Å². The van der Waals surface area contributed by atoms with Crippen molar-refractivity contribution in [2.45, 2.75) is 50.1 Å². The quantitative estimate of drug-likeness (QED) is 0.742. The summed E-state index contributed by atoms with van der Waals surface area (Å²) in [5.74, 6) is -0.265. The van der Waals surface area contributed by atoms with Crippen LogP contribution in [0.5, 0.6) is 0 Å². The van der Waals surface area contributed by atoms with E-state index in [4.69, 9.17) is 0 Å². The number of hydrogen-bond donors (Lipinski definition) is 0. The first-order valence-corrected chi connectivity index (χ1v) is 11.0. The summed E-state index contributed by atoms with van der Waals surface area (Å²) in [6.45, 7) is 2.65. The van der Waals surface area contributed by atoms with Gasteiger partial charge < -0.3 is 4.90 Å². The molecule has 2 aromatic rings. The summed E-state index contributed by atoms with van der Waals surface area (Å²) in [6.07, 6.45) is 3.02. The number of anilines is 1. The molecule has 0 bridgehead atoms. The molecule has 1 heterocycles. The molecule has 0 radical (unpaired) electrons. The van der Waals surface area contributed by atoms with Gasteiger partial charge in [0, 0.05) is 31.2 Å². The van der Waals surface area contributed by atoms with Crippen LogP contribution in [-0.2, 0) is 21.4 Å². The lowest BCUT2D eigenvalue weighted by molar-refractivity contribution is -0.117. The molecule has 148 valence electrons. The lowest BCUT2D eigenvalue weighted by atomic mass is 10.2. The van der Waals surface area contributed by atoms with E-state index < -0.39 is 10.0 Å². The Morgan fingerprint density at radius 3 is 2.43 bits per heavy atom. The third kappa shape index (κ3) is 3.69. The Hall–Kier alpha value is -2.25. The second-order valence-electron chi connectivity index (χ2n) is 7.51. The molecule has 5 nitrogen and oxygen atoms in total. The molecular weight excluding hydrogens is 379 g/mol. The highest BCUT2D eigenvalue weighted by Gasteiger charge is 2.38. The molecule has 0 N–H and O–H groups in total. The maximum atomic E-state index is 13.4. The molecule has 7 heteroatoms. The first-order valence-electron chi connectivity index (χ1n) is 9.53. The van der Waals surface area contributed by atoms with Gasteiger partial charge in [0.2, 0.25) is 15.9 Å². The third-order valence-electron chi connectivity index (χ3n) is 5.34. The average Bonchev–Trinajstić information content (AvgIpc) is 3.40. The molecular formula is C21H23FN2O3S. The molecule has 1 saturated carbocycles. The fourth-order valence-corrected chi connectivity index (χ4v) is 5.56. The van der Waals surface area contributed by atoms with Crippen molar-refractivity contribution in [2.75, 3.05) is 11.4 Å². The van der Waals surface area contributed by atoms with E-state index in [2.05, 4.69) is 0 Å². The Bertz CT molecular complexity index is 1000. The van der Waals surface area contributed by atoms with Crippen molar-refractivity contribution in [3.63, 3.8) is 0 Å². The highest BCUT2D eigenvalue weighted by molar-refractivity contribution is 7.89. The molecule has 1 aliphatic heterocycles. The monoisotopic (exact) mass is 402 g/mol. The number of halogens is 1. The van der Waals surface area contributed by atoms with Gasteiger partial charge in [0.15, 0.2) is 0 Å². The molecule has 1 saturated heterocycles. The molecule has 0 aromatic heterocycles. The fraction of sp³-hybridized carbons (Fsp3) is 0.381. The van der Waals surface area contributed by atoms with Gasteiger partial charge in [0.25, 0.3) is 0 Å². The molecule has 1 amide bonds. The van der Waals surface area contributed by atoms with Crippen LogP contribution in [0.1, 0.15) is 36.8 Å². The van der Waals surface area contributed by atoms with Gasteiger partial charge in [0.05, 0.1) is 4.90 Å². The van der Waals surface area contributed by atoms with Gasteiger partial charge in [0.1, 0.15) is 5.82 Å². The van der Waals surface area contributed by atoms with Crippen molar-refractivity contribution in [3.8, 4) is 0 Å². The summed E-state index contributed by atoms with van der Waals surface area (Å²) in [7, 11) is -3.69. The van der Waals surface area contributed by atoms with Gasteiger partial charge in [-0.2, -0.15) is 4.31 Å². The summed E-state index contributed by atoms with van der Waals surface area (Å²) >= 11 is 0. The third-order valence-corrected chi connectivity index (χ3v) is 7.39. The fourth-order valence-electron chi connectivity index (χ4n) is 3.68. The zero-order valence-electron chi connectivity index (χ0n) is 15.8. The Morgan fingerprint density at radius 2 is 1.86 bits per heavy atom. The standard InChI is InChI=1S/C21H23FN2O3S/c1-15-13-19(23-12-2-3-21(23)25)10-11-20(15)28(26,27)24(18-8-9-18)14-16-4-6-17(22)7-5-16/h4-7,10-11,13,18H,2-3,8-9,12,14H2,1H3. The number of carbonyl (C=O) groups is 1. The first kappa shape index (κ1) is 19.1. The number of aryl methyl sites for hydroxylation is 1. The van der Waals surface area contributed by atoms with Crippen molar-refractivity contribution in [1.29, 1.82) is 0 Å². The van der Waals surface area contributed by atoms with Crippen molar-refractivity contribution in [1.82, 2.24) is 4.31 Å². The smallest absolute Gasteiger partial charge is 0.243 e. The highest BCUT2D eigenvalue weighted by Crippen LogP contribution is 2.35. The molecule has 0 unspecified atom stereocenters. The van der Waals surface area contributed by atoms with Crippen LogP contribution in [0, 0.1) is 12.7 Å². The lowest BCUT2D eigenvalue weighted by Crippen LogP contribution is -2.33. The number of rotatable bonds is 6. The molecule has 28 heavy (non-hydrogen) atoms. The summed E-state index contributed by atoms with van der Waals surface area (Å²) in [4.78, 5) is 13.9. The minimum absolute atomic E-state index is 0.0192. The summed E-state index contributed by atoms with van der Waals surface area (Å²) < 4.78 is 41.4.